The maximum Gasteiger partial charge on any atom is 0.573 e. The number of hydrogen-bond donors (Lipinski definition) is 0. The molecule has 1 aromatic heterocycles. The zero-order chi connectivity index (χ0) is 22.7. The summed E-state index contributed by atoms with van der Waals surface area (Å²) in [4.78, 5) is 17.1. The van der Waals surface area contributed by atoms with Gasteiger partial charge >= 0.3 is 6.36 Å². The van der Waals surface area contributed by atoms with Gasteiger partial charge in [-0.15, -0.1) is 13.2 Å². The summed E-state index contributed by atoms with van der Waals surface area (Å²) in [6, 6.07) is 19.5. The molecule has 0 aliphatic rings. The Kier molecular flexibility index (Phi) is 6.01. The average molecular weight is 458 g/mol. The van der Waals surface area contributed by atoms with Crippen LogP contribution in [0.15, 0.2) is 79.0 Å². The number of nitrogens with zero attached hydrogens (tertiary/aromatic N) is 1. The van der Waals surface area contributed by atoms with Gasteiger partial charge in [-0.25, -0.2) is 0 Å². The number of rotatable bonds is 6. The number of fused-ring (bicyclic) bond motifs is 1. The lowest BCUT2D eigenvalue weighted by molar-refractivity contribution is -0.274. The Bertz CT molecular complexity index is 1260. The summed E-state index contributed by atoms with van der Waals surface area (Å²) >= 11 is 6.45. The lowest BCUT2D eigenvalue weighted by Crippen LogP contribution is -2.17. The van der Waals surface area contributed by atoms with Gasteiger partial charge in [0.2, 0.25) is 0 Å². The zero-order valence-electron chi connectivity index (χ0n) is 16.4. The summed E-state index contributed by atoms with van der Waals surface area (Å²) in [6.07, 6.45) is -3.46. The third-order valence-corrected chi connectivity index (χ3v) is 5.03. The van der Waals surface area contributed by atoms with Crippen LogP contribution >= 0.6 is 11.6 Å². The van der Waals surface area contributed by atoms with Gasteiger partial charge in [-0.1, -0.05) is 41.9 Å². The number of benzene rings is 3. The van der Waals surface area contributed by atoms with Gasteiger partial charge in [-0.2, -0.15) is 0 Å². The molecule has 0 spiro atoms. The van der Waals surface area contributed by atoms with E-state index in [0.717, 1.165) is 17.7 Å². The normalized spacial score (nSPS) is 11.4. The molecule has 0 atom stereocenters. The lowest BCUT2D eigenvalue weighted by atomic mass is 10.0. The molecule has 0 radical (unpaired) electrons. The van der Waals surface area contributed by atoms with E-state index in [9.17, 15) is 18.0 Å². The highest BCUT2D eigenvalue weighted by Crippen LogP contribution is 2.31. The maximum atomic E-state index is 12.8. The first kappa shape index (κ1) is 21.6. The van der Waals surface area contributed by atoms with E-state index >= 15 is 0 Å². The summed E-state index contributed by atoms with van der Waals surface area (Å²) in [6.45, 7) is 0.394. The van der Waals surface area contributed by atoms with E-state index in [1.807, 2.05) is 30.3 Å². The molecule has 4 nitrogen and oxygen atoms in total. The van der Waals surface area contributed by atoms with Crippen LogP contribution in [0.2, 0.25) is 5.02 Å². The van der Waals surface area contributed by atoms with Crippen molar-refractivity contribution in [3.63, 3.8) is 0 Å². The summed E-state index contributed by atoms with van der Waals surface area (Å²) in [5, 5.41) is 0.756. The van der Waals surface area contributed by atoms with Gasteiger partial charge in [0.25, 0.3) is 0 Å². The summed E-state index contributed by atoms with van der Waals surface area (Å²) in [5.41, 5.74) is 1.87. The van der Waals surface area contributed by atoms with Gasteiger partial charge in [0.05, 0.1) is 16.1 Å². The fourth-order valence-electron chi connectivity index (χ4n) is 3.09. The van der Waals surface area contributed by atoms with Gasteiger partial charge in [-0.05, 0) is 42.0 Å². The van der Waals surface area contributed by atoms with Crippen molar-refractivity contribution < 1.29 is 27.4 Å². The number of aromatic nitrogens is 1. The van der Waals surface area contributed by atoms with Crippen molar-refractivity contribution >= 4 is 28.3 Å². The van der Waals surface area contributed by atoms with E-state index in [0.29, 0.717) is 23.3 Å². The quantitative estimate of drug-likeness (QED) is 0.306. The molecule has 0 aliphatic carbocycles. The predicted molar refractivity (Wildman–Crippen MR) is 114 cm³/mol. The minimum atomic E-state index is -4.80. The van der Waals surface area contributed by atoms with Crippen LogP contribution in [0.4, 0.5) is 13.2 Å². The number of hydrogen-bond acceptors (Lipinski definition) is 4. The fraction of sp³-hybridized carbons (Fsp3) is 0.0833. The molecule has 4 rings (SSSR count). The number of carbonyl (C=O) groups is 1. The second kappa shape index (κ2) is 8.88. The summed E-state index contributed by atoms with van der Waals surface area (Å²) in [5.74, 6) is -0.281. The topological polar surface area (TPSA) is 48.4 Å². The van der Waals surface area contributed by atoms with Crippen LogP contribution in [-0.4, -0.2) is 17.1 Å². The Morgan fingerprint density at radius 1 is 0.938 bits per heavy atom. The van der Waals surface area contributed by atoms with Crippen molar-refractivity contribution in [2.24, 2.45) is 0 Å². The van der Waals surface area contributed by atoms with E-state index in [4.69, 9.17) is 16.3 Å². The Labute approximate surface area is 186 Å². The van der Waals surface area contributed by atoms with Crippen LogP contribution in [0.5, 0.6) is 11.5 Å². The van der Waals surface area contributed by atoms with Crippen LogP contribution < -0.4 is 9.47 Å². The summed E-state index contributed by atoms with van der Waals surface area (Å²) in [7, 11) is 0. The van der Waals surface area contributed by atoms with Crippen molar-refractivity contribution in [3.05, 3.63) is 101 Å². The molecule has 0 saturated carbocycles. The molecule has 0 fully saturated rings. The fourth-order valence-corrected chi connectivity index (χ4v) is 3.39. The molecular formula is C24H15ClF3NO3. The zero-order valence-corrected chi connectivity index (χ0v) is 17.2. The Morgan fingerprint density at radius 3 is 2.31 bits per heavy atom. The lowest BCUT2D eigenvalue weighted by Gasteiger charge is -2.11. The minimum Gasteiger partial charge on any atom is -0.489 e. The first-order chi connectivity index (χ1) is 15.3. The minimum absolute atomic E-state index is 0.140. The molecule has 0 unspecified atom stereocenters. The van der Waals surface area contributed by atoms with Crippen molar-refractivity contribution in [3.8, 4) is 11.5 Å². The van der Waals surface area contributed by atoms with Gasteiger partial charge in [-0.3, -0.25) is 9.78 Å². The second-order valence-electron chi connectivity index (χ2n) is 6.84. The van der Waals surface area contributed by atoms with Crippen molar-refractivity contribution in [1.29, 1.82) is 0 Å². The number of alkyl halides is 3. The van der Waals surface area contributed by atoms with E-state index in [-0.39, 0.29) is 16.1 Å². The Hall–Kier alpha value is -3.58. The Balaban J connectivity index is 1.54. The molecule has 4 aromatic rings. The van der Waals surface area contributed by atoms with Crippen LogP contribution in [-0.2, 0) is 6.61 Å². The molecule has 0 amide bonds. The molecule has 0 N–H and O–H groups in total. The highest BCUT2D eigenvalue weighted by Gasteiger charge is 2.31. The van der Waals surface area contributed by atoms with Crippen molar-refractivity contribution in [1.82, 2.24) is 4.98 Å². The molecular weight excluding hydrogens is 443 g/mol. The van der Waals surface area contributed by atoms with Crippen LogP contribution in [0.3, 0.4) is 0 Å². The van der Waals surface area contributed by atoms with Gasteiger partial charge in [0.15, 0.2) is 5.78 Å². The van der Waals surface area contributed by atoms with Crippen LogP contribution in [0, 0.1) is 0 Å². The molecule has 162 valence electrons. The standard InChI is InChI=1S/C24H15ClF3NO3/c25-22-19-11-10-18(31-14-15-4-2-1-3-5-15)12-21(19)29-13-20(22)23(30)16-6-8-17(9-7-16)32-24(26,27)28/h1-13H,14H2. The van der Waals surface area contributed by atoms with Crippen LogP contribution in [0.25, 0.3) is 10.9 Å². The third kappa shape index (κ3) is 5.00. The monoisotopic (exact) mass is 457 g/mol. The van der Waals surface area contributed by atoms with Crippen LogP contribution in [0.1, 0.15) is 21.5 Å². The van der Waals surface area contributed by atoms with Gasteiger partial charge in [0, 0.05) is 23.2 Å². The second-order valence-corrected chi connectivity index (χ2v) is 7.22. The highest BCUT2D eigenvalue weighted by molar-refractivity contribution is 6.39. The van der Waals surface area contributed by atoms with E-state index < -0.39 is 17.9 Å². The third-order valence-electron chi connectivity index (χ3n) is 4.62. The molecule has 0 bridgehead atoms. The largest absolute Gasteiger partial charge is 0.573 e. The molecule has 1 heterocycles. The maximum absolute atomic E-state index is 12.8. The molecule has 0 aliphatic heterocycles. The molecule has 3 aromatic carbocycles. The average Bonchev–Trinajstić information content (AvgIpc) is 2.78. The first-order valence-electron chi connectivity index (χ1n) is 9.46. The number of halogens is 4. The molecule has 8 heteroatoms. The van der Waals surface area contributed by atoms with Gasteiger partial charge in [0.1, 0.15) is 18.1 Å². The van der Waals surface area contributed by atoms with E-state index in [1.54, 1.807) is 18.2 Å². The van der Waals surface area contributed by atoms with E-state index in [1.165, 1.54) is 18.3 Å². The number of ether oxygens (including phenoxy) is 2. The number of carbonyl (C=O) groups excluding carboxylic acids is 1. The smallest absolute Gasteiger partial charge is 0.489 e. The summed E-state index contributed by atoms with van der Waals surface area (Å²) < 4.78 is 46.5. The highest BCUT2D eigenvalue weighted by atomic mass is 35.5. The first-order valence-corrected chi connectivity index (χ1v) is 9.83. The van der Waals surface area contributed by atoms with Crippen molar-refractivity contribution in [2.75, 3.05) is 0 Å². The predicted octanol–water partition coefficient (Wildman–Crippen LogP) is 6.60. The molecule has 32 heavy (non-hydrogen) atoms. The molecule has 0 saturated heterocycles. The Morgan fingerprint density at radius 2 is 1.62 bits per heavy atom. The number of pyridine rings is 1. The van der Waals surface area contributed by atoms with Crippen molar-refractivity contribution in [2.45, 2.75) is 13.0 Å². The SMILES string of the molecule is O=C(c1ccc(OC(F)(F)F)cc1)c1cnc2cc(OCc3ccccc3)ccc2c1Cl. The number of ketones is 1. The van der Waals surface area contributed by atoms with Gasteiger partial charge < -0.3 is 9.47 Å². The van der Waals surface area contributed by atoms with E-state index in [2.05, 4.69) is 9.72 Å².